The van der Waals surface area contributed by atoms with E-state index in [4.69, 9.17) is 0 Å². The van der Waals surface area contributed by atoms with Crippen molar-refractivity contribution < 1.29 is 9.18 Å². The first-order valence-electron chi connectivity index (χ1n) is 4.69. The van der Waals surface area contributed by atoms with Crippen molar-refractivity contribution >= 4 is 34.2 Å². The number of amides is 1. The topological polar surface area (TPSA) is 29.1 Å². The molecule has 4 heteroatoms. The Labute approximate surface area is 107 Å². The summed E-state index contributed by atoms with van der Waals surface area (Å²) in [6, 6.07) is 4.22. The van der Waals surface area contributed by atoms with E-state index in [0.717, 1.165) is 0 Å². The molecule has 1 N–H and O–H groups in total. The molecule has 0 atom stereocenters. The van der Waals surface area contributed by atoms with Gasteiger partial charge in [0, 0.05) is 9.65 Å². The van der Waals surface area contributed by atoms with E-state index in [2.05, 4.69) is 5.32 Å². The highest BCUT2D eigenvalue weighted by molar-refractivity contribution is 14.1. The maximum atomic E-state index is 12.8. The van der Waals surface area contributed by atoms with Crippen LogP contribution in [0.5, 0.6) is 0 Å². The lowest BCUT2D eigenvalue weighted by Gasteiger charge is -2.04. The molecule has 84 valence electrons. The van der Waals surface area contributed by atoms with E-state index in [1.54, 1.807) is 18.2 Å². The van der Waals surface area contributed by atoms with Gasteiger partial charge in [0.1, 0.15) is 5.82 Å². The van der Waals surface area contributed by atoms with E-state index in [9.17, 15) is 9.18 Å². The summed E-state index contributed by atoms with van der Waals surface area (Å²) in [4.78, 5) is 11.4. The SMILES string of the molecule is CC=CC=CC(=O)Nc1ccc(F)cc1I. The van der Waals surface area contributed by atoms with Crippen molar-refractivity contribution in [2.24, 2.45) is 0 Å². The fourth-order valence-corrected chi connectivity index (χ4v) is 1.63. The van der Waals surface area contributed by atoms with Gasteiger partial charge in [-0.25, -0.2) is 4.39 Å². The van der Waals surface area contributed by atoms with E-state index < -0.39 is 0 Å². The van der Waals surface area contributed by atoms with Crippen LogP contribution in [0.25, 0.3) is 0 Å². The van der Waals surface area contributed by atoms with Gasteiger partial charge in [-0.1, -0.05) is 18.2 Å². The standard InChI is InChI=1S/C12H11FINO/c1-2-3-4-5-12(16)15-11-7-6-9(13)8-10(11)14/h2-8H,1H3,(H,15,16). The third kappa shape index (κ3) is 4.14. The van der Waals surface area contributed by atoms with Crippen LogP contribution in [-0.2, 0) is 4.79 Å². The van der Waals surface area contributed by atoms with Crippen LogP contribution in [0.15, 0.2) is 42.5 Å². The summed E-state index contributed by atoms with van der Waals surface area (Å²) in [5.41, 5.74) is 0.608. The second kappa shape index (κ2) is 6.42. The smallest absolute Gasteiger partial charge is 0.248 e. The molecular formula is C12H11FINO. The van der Waals surface area contributed by atoms with Crippen molar-refractivity contribution in [3.8, 4) is 0 Å². The third-order valence-corrected chi connectivity index (χ3v) is 2.63. The van der Waals surface area contributed by atoms with Crippen LogP contribution < -0.4 is 5.32 Å². The lowest BCUT2D eigenvalue weighted by atomic mass is 10.3. The van der Waals surface area contributed by atoms with Crippen LogP contribution in [0.4, 0.5) is 10.1 Å². The second-order valence-corrected chi connectivity index (χ2v) is 4.16. The van der Waals surface area contributed by atoms with Crippen molar-refractivity contribution in [2.45, 2.75) is 6.92 Å². The van der Waals surface area contributed by atoms with Crippen LogP contribution in [0.2, 0.25) is 0 Å². The Morgan fingerprint density at radius 2 is 2.19 bits per heavy atom. The molecule has 0 spiro atoms. The minimum atomic E-state index is -0.313. The van der Waals surface area contributed by atoms with E-state index in [1.807, 2.05) is 35.6 Å². The lowest BCUT2D eigenvalue weighted by Crippen LogP contribution is -2.08. The summed E-state index contributed by atoms with van der Waals surface area (Å²) in [5.74, 6) is -0.547. The predicted molar refractivity (Wildman–Crippen MR) is 71.7 cm³/mol. The fraction of sp³-hybridized carbons (Fsp3) is 0.0833. The summed E-state index contributed by atoms with van der Waals surface area (Å²) >= 11 is 1.97. The van der Waals surface area contributed by atoms with Crippen molar-refractivity contribution in [2.75, 3.05) is 5.32 Å². The van der Waals surface area contributed by atoms with Crippen LogP contribution in [0.3, 0.4) is 0 Å². The average molecular weight is 331 g/mol. The maximum Gasteiger partial charge on any atom is 0.248 e. The molecule has 0 bridgehead atoms. The lowest BCUT2D eigenvalue weighted by molar-refractivity contribution is -0.111. The summed E-state index contributed by atoms with van der Waals surface area (Å²) in [5, 5.41) is 2.66. The molecule has 0 saturated heterocycles. The van der Waals surface area contributed by atoms with E-state index in [0.29, 0.717) is 9.26 Å². The highest BCUT2D eigenvalue weighted by atomic mass is 127. The van der Waals surface area contributed by atoms with Gasteiger partial charge in [-0.15, -0.1) is 0 Å². The number of hydrogen-bond acceptors (Lipinski definition) is 1. The molecule has 0 aliphatic heterocycles. The van der Waals surface area contributed by atoms with Crippen LogP contribution in [-0.4, -0.2) is 5.91 Å². The normalized spacial score (nSPS) is 11.2. The number of nitrogens with one attached hydrogen (secondary N) is 1. The van der Waals surface area contributed by atoms with Gasteiger partial charge in [-0.2, -0.15) is 0 Å². The molecule has 0 saturated carbocycles. The summed E-state index contributed by atoms with van der Waals surface area (Å²) in [6.07, 6.45) is 6.64. The van der Waals surface area contributed by atoms with Gasteiger partial charge in [-0.3, -0.25) is 4.79 Å². The quantitative estimate of drug-likeness (QED) is 0.513. The summed E-state index contributed by atoms with van der Waals surface area (Å²) in [6.45, 7) is 1.87. The molecule has 0 unspecified atom stereocenters. The molecule has 1 aromatic rings. The molecule has 16 heavy (non-hydrogen) atoms. The van der Waals surface area contributed by atoms with E-state index in [-0.39, 0.29) is 11.7 Å². The number of hydrogen-bond donors (Lipinski definition) is 1. The fourth-order valence-electron chi connectivity index (χ4n) is 1.02. The third-order valence-electron chi connectivity index (χ3n) is 1.74. The number of benzene rings is 1. The van der Waals surface area contributed by atoms with Gasteiger partial charge in [0.2, 0.25) is 5.91 Å². The van der Waals surface area contributed by atoms with Crippen molar-refractivity contribution in [1.82, 2.24) is 0 Å². The molecule has 0 aliphatic rings. The molecule has 0 fully saturated rings. The first-order chi connectivity index (χ1) is 7.63. The Balaban J connectivity index is 2.70. The first kappa shape index (κ1) is 12.9. The number of carbonyl (C=O) groups excluding carboxylic acids is 1. The largest absolute Gasteiger partial charge is 0.322 e. The van der Waals surface area contributed by atoms with Gasteiger partial charge in [0.25, 0.3) is 0 Å². The Kier molecular flexibility index (Phi) is 5.18. The van der Waals surface area contributed by atoms with Crippen molar-refractivity contribution in [1.29, 1.82) is 0 Å². The second-order valence-electron chi connectivity index (χ2n) is 3.00. The van der Waals surface area contributed by atoms with Gasteiger partial charge < -0.3 is 5.32 Å². The highest BCUT2D eigenvalue weighted by Crippen LogP contribution is 2.18. The Bertz CT molecular complexity index is 441. The van der Waals surface area contributed by atoms with E-state index >= 15 is 0 Å². The van der Waals surface area contributed by atoms with Crippen LogP contribution >= 0.6 is 22.6 Å². The molecule has 1 rings (SSSR count). The number of halogens is 2. The Morgan fingerprint density at radius 1 is 1.44 bits per heavy atom. The maximum absolute atomic E-state index is 12.8. The molecule has 0 aromatic heterocycles. The molecular weight excluding hydrogens is 320 g/mol. The van der Waals surface area contributed by atoms with E-state index in [1.165, 1.54) is 18.2 Å². The van der Waals surface area contributed by atoms with Crippen LogP contribution in [0.1, 0.15) is 6.92 Å². The Morgan fingerprint density at radius 3 is 2.81 bits per heavy atom. The molecule has 0 heterocycles. The minimum Gasteiger partial charge on any atom is -0.322 e. The molecule has 1 aromatic carbocycles. The average Bonchev–Trinajstić information content (AvgIpc) is 2.23. The minimum absolute atomic E-state index is 0.234. The Hall–Kier alpha value is -1.17. The zero-order valence-corrected chi connectivity index (χ0v) is 10.9. The van der Waals surface area contributed by atoms with Gasteiger partial charge in [0.05, 0.1) is 5.69 Å². The van der Waals surface area contributed by atoms with Crippen molar-refractivity contribution in [3.05, 3.63) is 51.9 Å². The highest BCUT2D eigenvalue weighted by Gasteiger charge is 2.03. The molecule has 0 radical (unpaired) electrons. The summed E-state index contributed by atoms with van der Waals surface area (Å²) in [7, 11) is 0. The van der Waals surface area contributed by atoms with Crippen molar-refractivity contribution in [3.63, 3.8) is 0 Å². The van der Waals surface area contributed by atoms with Gasteiger partial charge in [-0.05, 0) is 47.7 Å². The monoisotopic (exact) mass is 331 g/mol. The number of anilines is 1. The first-order valence-corrected chi connectivity index (χ1v) is 5.76. The number of allylic oxidation sites excluding steroid dienone is 3. The van der Waals surface area contributed by atoms with Gasteiger partial charge >= 0.3 is 0 Å². The molecule has 0 aliphatic carbocycles. The molecule has 1 amide bonds. The summed E-state index contributed by atoms with van der Waals surface area (Å²) < 4.78 is 13.5. The predicted octanol–water partition coefficient (Wildman–Crippen LogP) is 3.50. The number of rotatable bonds is 3. The van der Waals surface area contributed by atoms with Gasteiger partial charge in [0.15, 0.2) is 0 Å². The zero-order chi connectivity index (χ0) is 12.0. The van der Waals surface area contributed by atoms with Crippen LogP contribution in [0, 0.1) is 9.39 Å². The molecule has 2 nitrogen and oxygen atoms in total. The zero-order valence-electron chi connectivity index (χ0n) is 8.71. The number of carbonyl (C=O) groups is 1.